The number of rotatable bonds is 2. The molecule has 3 heterocycles. The summed E-state index contributed by atoms with van der Waals surface area (Å²) in [6.07, 6.45) is 0. The number of para-hydroxylation sites is 2. The van der Waals surface area contributed by atoms with Crippen molar-refractivity contribution < 1.29 is 4.79 Å². The summed E-state index contributed by atoms with van der Waals surface area (Å²) in [5.74, 6) is 0.826. The minimum absolute atomic E-state index is 0.0299. The third-order valence-electron chi connectivity index (χ3n) is 3.73. The molecule has 0 aliphatic heterocycles. The van der Waals surface area contributed by atoms with Crippen LogP contribution in [-0.2, 0) is 7.05 Å². The van der Waals surface area contributed by atoms with Gasteiger partial charge < -0.3 is 4.57 Å². The Kier molecular flexibility index (Phi) is 2.53. The van der Waals surface area contributed by atoms with E-state index in [0.29, 0.717) is 5.69 Å². The number of Topliss-reactive ketones (excluding diaryl/α,β-unsaturated/α-hetero) is 1. The summed E-state index contributed by atoms with van der Waals surface area (Å²) in [5.41, 5.74) is 3.51. The van der Waals surface area contributed by atoms with Crippen LogP contribution in [0.25, 0.3) is 27.4 Å². The molecule has 0 spiro atoms. The zero-order chi connectivity index (χ0) is 14.6. The first-order valence-corrected chi connectivity index (χ1v) is 7.57. The van der Waals surface area contributed by atoms with Gasteiger partial charge in [0, 0.05) is 14.0 Å². The van der Waals surface area contributed by atoms with Gasteiger partial charge in [-0.2, -0.15) is 0 Å². The van der Waals surface area contributed by atoms with Crippen LogP contribution in [0.5, 0.6) is 0 Å². The number of thiophene rings is 1. The summed E-state index contributed by atoms with van der Waals surface area (Å²) in [4.78, 5) is 18.0. The molecule has 1 aromatic carbocycles. The van der Waals surface area contributed by atoms with Gasteiger partial charge >= 0.3 is 0 Å². The Balaban J connectivity index is 2.21. The summed E-state index contributed by atoms with van der Waals surface area (Å²) in [6.45, 7) is 1.60. The van der Waals surface area contributed by atoms with Crippen LogP contribution < -0.4 is 0 Å². The molecule has 3 aromatic heterocycles. The Labute approximate surface area is 125 Å². The molecule has 0 unspecified atom stereocenters. The molecule has 0 saturated carbocycles. The molecule has 0 amide bonds. The number of carbonyl (C=O) groups excluding carboxylic acids is 1. The van der Waals surface area contributed by atoms with Crippen LogP contribution in [0.2, 0.25) is 0 Å². The minimum Gasteiger partial charge on any atom is -0.313 e. The highest BCUT2D eigenvalue weighted by Crippen LogP contribution is 2.31. The number of aryl methyl sites for hydroxylation is 1. The Bertz CT molecular complexity index is 976. The third kappa shape index (κ3) is 1.61. The molecule has 4 aromatic rings. The summed E-state index contributed by atoms with van der Waals surface area (Å²) >= 11 is 1.60. The van der Waals surface area contributed by atoms with E-state index in [1.165, 1.54) is 0 Å². The van der Waals surface area contributed by atoms with E-state index >= 15 is 0 Å². The summed E-state index contributed by atoms with van der Waals surface area (Å²) in [7, 11) is 1.98. The molecule has 21 heavy (non-hydrogen) atoms. The Morgan fingerprint density at radius 3 is 2.57 bits per heavy atom. The molecule has 104 valence electrons. The second-order valence-corrected chi connectivity index (χ2v) is 5.97. The number of fused-ring (bicyclic) bond motifs is 3. The van der Waals surface area contributed by atoms with Crippen molar-refractivity contribution in [2.24, 2.45) is 7.05 Å². The summed E-state index contributed by atoms with van der Waals surface area (Å²) < 4.78 is 3.99. The van der Waals surface area contributed by atoms with E-state index in [1.807, 2.05) is 57.8 Å². The van der Waals surface area contributed by atoms with Crippen molar-refractivity contribution in [3.05, 3.63) is 47.5 Å². The Morgan fingerprint density at radius 2 is 1.90 bits per heavy atom. The van der Waals surface area contributed by atoms with Crippen molar-refractivity contribution in [1.82, 2.24) is 14.0 Å². The molecule has 4 rings (SSSR count). The lowest BCUT2D eigenvalue weighted by Gasteiger charge is -1.99. The van der Waals surface area contributed by atoms with E-state index in [1.54, 1.807) is 18.3 Å². The van der Waals surface area contributed by atoms with Crippen LogP contribution in [0.4, 0.5) is 0 Å². The second-order valence-electron chi connectivity index (χ2n) is 5.03. The molecule has 0 bridgehead atoms. The fourth-order valence-corrected chi connectivity index (χ4v) is 3.53. The first kappa shape index (κ1) is 12.3. The topological polar surface area (TPSA) is 39.3 Å². The molecular weight excluding hydrogens is 282 g/mol. The SMILES string of the molecule is CC(=O)c1c(-c2cccs2)nc2n(C)c3ccccc3n12. The van der Waals surface area contributed by atoms with Crippen molar-refractivity contribution >= 4 is 33.9 Å². The molecule has 0 atom stereocenters. The van der Waals surface area contributed by atoms with E-state index in [0.717, 1.165) is 27.4 Å². The molecule has 0 aliphatic rings. The van der Waals surface area contributed by atoms with Crippen molar-refractivity contribution in [3.8, 4) is 10.6 Å². The highest BCUT2D eigenvalue weighted by atomic mass is 32.1. The molecule has 0 radical (unpaired) electrons. The average molecular weight is 295 g/mol. The normalized spacial score (nSPS) is 11.5. The monoisotopic (exact) mass is 295 g/mol. The maximum absolute atomic E-state index is 12.2. The fourth-order valence-electron chi connectivity index (χ4n) is 2.82. The van der Waals surface area contributed by atoms with E-state index in [4.69, 9.17) is 4.98 Å². The zero-order valence-corrected chi connectivity index (χ0v) is 12.5. The van der Waals surface area contributed by atoms with Gasteiger partial charge in [0.15, 0.2) is 5.78 Å². The average Bonchev–Trinajstić information content (AvgIpc) is 3.16. The highest BCUT2D eigenvalue weighted by Gasteiger charge is 2.22. The summed E-state index contributed by atoms with van der Waals surface area (Å²) in [5, 5.41) is 2.00. The van der Waals surface area contributed by atoms with Crippen LogP contribution >= 0.6 is 11.3 Å². The number of hydrogen-bond acceptors (Lipinski definition) is 3. The third-order valence-corrected chi connectivity index (χ3v) is 4.61. The highest BCUT2D eigenvalue weighted by molar-refractivity contribution is 7.13. The van der Waals surface area contributed by atoms with Crippen molar-refractivity contribution in [1.29, 1.82) is 0 Å². The number of ketones is 1. The van der Waals surface area contributed by atoms with Crippen molar-refractivity contribution in [3.63, 3.8) is 0 Å². The van der Waals surface area contributed by atoms with Crippen molar-refractivity contribution in [2.45, 2.75) is 6.92 Å². The van der Waals surface area contributed by atoms with Gasteiger partial charge in [-0.25, -0.2) is 4.98 Å². The maximum Gasteiger partial charge on any atom is 0.215 e. The van der Waals surface area contributed by atoms with Gasteiger partial charge in [0.05, 0.1) is 15.9 Å². The maximum atomic E-state index is 12.2. The fraction of sp³-hybridized carbons (Fsp3) is 0.125. The molecule has 4 nitrogen and oxygen atoms in total. The van der Waals surface area contributed by atoms with Gasteiger partial charge in [0.2, 0.25) is 5.78 Å². The van der Waals surface area contributed by atoms with E-state index < -0.39 is 0 Å². The quantitative estimate of drug-likeness (QED) is 0.528. The number of carbonyl (C=O) groups is 1. The predicted octanol–water partition coefficient (Wildman–Crippen LogP) is 3.76. The molecular formula is C16H13N3OS. The number of aromatic nitrogens is 3. The predicted molar refractivity (Wildman–Crippen MR) is 85.0 cm³/mol. The molecule has 0 aliphatic carbocycles. The largest absolute Gasteiger partial charge is 0.313 e. The number of hydrogen-bond donors (Lipinski definition) is 0. The number of benzene rings is 1. The number of imidazole rings is 2. The van der Waals surface area contributed by atoms with Crippen LogP contribution in [0, 0.1) is 0 Å². The van der Waals surface area contributed by atoms with Crippen molar-refractivity contribution in [2.75, 3.05) is 0 Å². The smallest absolute Gasteiger partial charge is 0.215 e. The number of nitrogens with zero attached hydrogens (tertiary/aromatic N) is 3. The van der Waals surface area contributed by atoms with Gasteiger partial charge in [-0.3, -0.25) is 9.20 Å². The molecule has 0 N–H and O–H groups in total. The molecule has 5 heteroatoms. The lowest BCUT2D eigenvalue weighted by Crippen LogP contribution is -1.99. The van der Waals surface area contributed by atoms with Crippen LogP contribution in [-0.4, -0.2) is 19.7 Å². The minimum atomic E-state index is 0.0299. The zero-order valence-electron chi connectivity index (χ0n) is 11.7. The Hall–Kier alpha value is -2.40. The molecule has 0 saturated heterocycles. The van der Waals surface area contributed by atoms with Crippen LogP contribution in [0.15, 0.2) is 41.8 Å². The Morgan fingerprint density at radius 1 is 1.14 bits per heavy atom. The van der Waals surface area contributed by atoms with Gasteiger partial charge in [-0.05, 0) is 23.6 Å². The first-order valence-electron chi connectivity index (χ1n) is 6.69. The van der Waals surface area contributed by atoms with Gasteiger partial charge in [-0.15, -0.1) is 11.3 Å². The lowest BCUT2D eigenvalue weighted by atomic mass is 10.2. The van der Waals surface area contributed by atoms with E-state index in [-0.39, 0.29) is 5.78 Å². The van der Waals surface area contributed by atoms with Gasteiger partial charge in [0.1, 0.15) is 11.4 Å². The van der Waals surface area contributed by atoms with Crippen LogP contribution in [0.1, 0.15) is 17.4 Å². The first-order chi connectivity index (χ1) is 10.2. The lowest BCUT2D eigenvalue weighted by molar-refractivity contribution is 0.101. The van der Waals surface area contributed by atoms with Crippen LogP contribution in [0.3, 0.4) is 0 Å². The second kappa shape index (κ2) is 4.30. The van der Waals surface area contributed by atoms with Gasteiger partial charge in [0.25, 0.3) is 0 Å². The standard InChI is InChI=1S/C16H13N3OS/c1-10(20)15-14(13-8-5-9-21-13)17-16-18(2)11-6-3-4-7-12(11)19(15)16/h3-9H,1-2H3. The van der Waals surface area contributed by atoms with E-state index in [9.17, 15) is 4.79 Å². The van der Waals surface area contributed by atoms with Gasteiger partial charge in [-0.1, -0.05) is 18.2 Å². The summed E-state index contributed by atoms with van der Waals surface area (Å²) in [6, 6.07) is 12.0. The van der Waals surface area contributed by atoms with E-state index in [2.05, 4.69) is 0 Å². The molecule has 0 fully saturated rings.